The van der Waals surface area contributed by atoms with E-state index in [4.69, 9.17) is 0 Å². The van der Waals surface area contributed by atoms with Crippen molar-refractivity contribution in [1.29, 1.82) is 0 Å². The zero-order valence-electron chi connectivity index (χ0n) is 4.73. The van der Waals surface area contributed by atoms with Gasteiger partial charge in [-0.3, -0.25) is 0 Å². The second kappa shape index (κ2) is 2.75. The molecule has 1 aromatic heterocycles. The van der Waals surface area contributed by atoms with Gasteiger partial charge in [0.2, 0.25) is 0 Å². The van der Waals surface area contributed by atoms with Crippen molar-refractivity contribution in [3.8, 4) is 0 Å². The number of aromatic nitrogens is 2. The van der Waals surface area contributed by atoms with Crippen LogP contribution in [0.2, 0.25) is 0 Å². The van der Waals surface area contributed by atoms with Crippen LogP contribution < -0.4 is 0 Å². The molecule has 0 bridgehead atoms. The SMILES string of the molecule is Cc1nc(Br)cc(Br)n1. The lowest BCUT2D eigenvalue weighted by Gasteiger charge is -1.92. The Morgan fingerprint density at radius 1 is 1.22 bits per heavy atom. The van der Waals surface area contributed by atoms with Crippen molar-refractivity contribution in [2.24, 2.45) is 0 Å². The lowest BCUT2D eigenvalue weighted by atomic mass is 10.6. The molecule has 48 valence electrons. The molecule has 2 nitrogen and oxygen atoms in total. The van der Waals surface area contributed by atoms with Crippen molar-refractivity contribution in [1.82, 2.24) is 9.97 Å². The summed E-state index contributed by atoms with van der Waals surface area (Å²) >= 11 is 6.46. The van der Waals surface area contributed by atoms with Crippen LogP contribution in [0.4, 0.5) is 0 Å². The zero-order valence-corrected chi connectivity index (χ0v) is 7.90. The summed E-state index contributed by atoms with van der Waals surface area (Å²) in [5.74, 6) is 0.760. The molecule has 1 heterocycles. The first-order chi connectivity index (χ1) is 4.18. The molecule has 0 aromatic carbocycles. The van der Waals surface area contributed by atoms with Crippen molar-refractivity contribution in [2.45, 2.75) is 6.92 Å². The van der Waals surface area contributed by atoms with Crippen LogP contribution >= 0.6 is 31.9 Å². The highest BCUT2D eigenvalue weighted by atomic mass is 79.9. The molecule has 0 radical (unpaired) electrons. The van der Waals surface area contributed by atoms with Crippen LogP contribution in [0.25, 0.3) is 0 Å². The molecule has 0 saturated heterocycles. The van der Waals surface area contributed by atoms with E-state index in [9.17, 15) is 0 Å². The molecule has 0 aliphatic carbocycles. The van der Waals surface area contributed by atoms with Gasteiger partial charge < -0.3 is 0 Å². The number of hydrogen-bond donors (Lipinski definition) is 0. The second-order valence-electron chi connectivity index (χ2n) is 1.56. The fourth-order valence-corrected chi connectivity index (χ4v) is 1.75. The summed E-state index contributed by atoms with van der Waals surface area (Å²) < 4.78 is 1.61. The zero-order chi connectivity index (χ0) is 6.85. The quantitative estimate of drug-likeness (QED) is 0.662. The van der Waals surface area contributed by atoms with Crippen LogP contribution in [0.1, 0.15) is 5.82 Å². The summed E-state index contributed by atoms with van der Waals surface area (Å²) in [7, 11) is 0. The topological polar surface area (TPSA) is 25.8 Å². The minimum Gasteiger partial charge on any atom is -0.226 e. The fourth-order valence-electron chi connectivity index (χ4n) is 0.497. The summed E-state index contributed by atoms with van der Waals surface area (Å²) in [4.78, 5) is 8.02. The number of hydrogen-bond acceptors (Lipinski definition) is 2. The third-order valence-electron chi connectivity index (χ3n) is 0.775. The maximum atomic E-state index is 4.01. The van der Waals surface area contributed by atoms with E-state index in [1.165, 1.54) is 0 Å². The summed E-state index contributed by atoms with van der Waals surface area (Å²) in [5.41, 5.74) is 0. The Morgan fingerprint density at radius 2 is 1.67 bits per heavy atom. The first-order valence-corrected chi connectivity index (χ1v) is 3.94. The van der Waals surface area contributed by atoms with Gasteiger partial charge in [0.1, 0.15) is 15.0 Å². The normalized spacial score (nSPS) is 9.67. The third kappa shape index (κ3) is 2.02. The monoisotopic (exact) mass is 250 g/mol. The first-order valence-electron chi connectivity index (χ1n) is 2.35. The molecule has 0 unspecified atom stereocenters. The van der Waals surface area contributed by atoms with Crippen molar-refractivity contribution in [3.63, 3.8) is 0 Å². The summed E-state index contributed by atoms with van der Waals surface area (Å²) in [5, 5.41) is 0. The smallest absolute Gasteiger partial charge is 0.127 e. The predicted molar refractivity (Wildman–Crippen MR) is 42.2 cm³/mol. The largest absolute Gasteiger partial charge is 0.226 e. The van der Waals surface area contributed by atoms with Gasteiger partial charge >= 0.3 is 0 Å². The Balaban J connectivity index is 3.17. The Kier molecular flexibility index (Phi) is 2.18. The minimum atomic E-state index is 0.760. The molecule has 1 rings (SSSR count). The lowest BCUT2D eigenvalue weighted by molar-refractivity contribution is 1.01. The van der Waals surface area contributed by atoms with E-state index in [1.54, 1.807) is 6.07 Å². The number of nitrogens with zero attached hydrogens (tertiary/aromatic N) is 2. The van der Waals surface area contributed by atoms with Crippen LogP contribution in [-0.4, -0.2) is 9.97 Å². The van der Waals surface area contributed by atoms with Crippen LogP contribution in [0.15, 0.2) is 15.3 Å². The average Bonchev–Trinajstić information content (AvgIpc) is 1.59. The van der Waals surface area contributed by atoms with Crippen LogP contribution in [0, 0.1) is 6.92 Å². The van der Waals surface area contributed by atoms with Crippen LogP contribution in [-0.2, 0) is 0 Å². The minimum absolute atomic E-state index is 0.760. The Morgan fingerprint density at radius 3 is 2.00 bits per heavy atom. The van der Waals surface area contributed by atoms with E-state index in [1.807, 2.05) is 6.92 Å². The predicted octanol–water partition coefficient (Wildman–Crippen LogP) is 2.31. The molecule has 0 amide bonds. The highest BCUT2D eigenvalue weighted by Gasteiger charge is 1.93. The molecular formula is C5H4Br2N2. The molecule has 0 saturated carbocycles. The molecule has 0 N–H and O–H groups in total. The van der Waals surface area contributed by atoms with Gasteiger partial charge in [-0.05, 0) is 38.8 Å². The number of halogens is 2. The van der Waals surface area contributed by atoms with Crippen molar-refractivity contribution >= 4 is 31.9 Å². The van der Waals surface area contributed by atoms with E-state index in [-0.39, 0.29) is 0 Å². The van der Waals surface area contributed by atoms with E-state index in [0.29, 0.717) is 0 Å². The van der Waals surface area contributed by atoms with Crippen molar-refractivity contribution in [2.75, 3.05) is 0 Å². The number of aryl methyl sites for hydroxylation is 1. The molecule has 0 atom stereocenters. The highest BCUT2D eigenvalue weighted by molar-refractivity contribution is 9.11. The van der Waals surface area contributed by atoms with Gasteiger partial charge in [0.15, 0.2) is 0 Å². The van der Waals surface area contributed by atoms with Crippen molar-refractivity contribution < 1.29 is 0 Å². The molecule has 9 heavy (non-hydrogen) atoms. The average molecular weight is 252 g/mol. The molecule has 4 heteroatoms. The number of rotatable bonds is 0. The van der Waals surface area contributed by atoms with Gasteiger partial charge in [0, 0.05) is 6.07 Å². The molecular weight excluding hydrogens is 248 g/mol. The maximum Gasteiger partial charge on any atom is 0.127 e. The molecule has 1 aromatic rings. The van der Waals surface area contributed by atoms with E-state index in [2.05, 4.69) is 41.8 Å². The van der Waals surface area contributed by atoms with E-state index < -0.39 is 0 Å². The second-order valence-corrected chi connectivity index (χ2v) is 3.19. The summed E-state index contributed by atoms with van der Waals surface area (Å²) in [6.45, 7) is 1.84. The maximum absolute atomic E-state index is 4.01. The Bertz CT molecular complexity index is 174. The standard InChI is InChI=1S/C5H4Br2N2/c1-3-8-4(6)2-5(7)9-3/h2H,1H3. The van der Waals surface area contributed by atoms with Gasteiger partial charge in [-0.25, -0.2) is 9.97 Å². The summed E-state index contributed by atoms with van der Waals surface area (Å²) in [6, 6.07) is 1.80. The van der Waals surface area contributed by atoms with Gasteiger partial charge in [-0.2, -0.15) is 0 Å². The fraction of sp³-hybridized carbons (Fsp3) is 0.200. The Hall–Kier alpha value is 0.0400. The lowest BCUT2D eigenvalue weighted by Crippen LogP contribution is -1.86. The van der Waals surface area contributed by atoms with E-state index >= 15 is 0 Å². The van der Waals surface area contributed by atoms with Gasteiger partial charge in [0.05, 0.1) is 0 Å². The van der Waals surface area contributed by atoms with Crippen molar-refractivity contribution in [3.05, 3.63) is 21.1 Å². The summed E-state index contributed by atoms with van der Waals surface area (Å²) in [6.07, 6.45) is 0. The highest BCUT2D eigenvalue weighted by Crippen LogP contribution is 2.11. The first kappa shape index (κ1) is 7.15. The van der Waals surface area contributed by atoms with E-state index in [0.717, 1.165) is 15.0 Å². The van der Waals surface area contributed by atoms with Crippen LogP contribution in [0.3, 0.4) is 0 Å². The van der Waals surface area contributed by atoms with Gasteiger partial charge in [-0.1, -0.05) is 0 Å². The molecule has 0 aliphatic rings. The van der Waals surface area contributed by atoms with Crippen LogP contribution in [0.5, 0.6) is 0 Å². The Labute approximate surface area is 70.0 Å². The molecule has 0 fully saturated rings. The molecule has 0 spiro atoms. The van der Waals surface area contributed by atoms with Gasteiger partial charge in [0.25, 0.3) is 0 Å². The van der Waals surface area contributed by atoms with Gasteiger partial charge in [-0.15, -0.1) is 0 Å². The molecule has 0 aliphatic heterocycles. The third-order valence-corrected chi connectivity index (χ3v) is 1.59.